The molecule has 2 rings (SSSR count). The van der Waals surface area contributed by atoms with E-state index in [0.29, 0.717) is 0 Å². The minimum atomic E-state index is -0.233. The SMILES string of the molecule is CCNC(CC(=O)OC)c1ccc(Br)c2cccnc12. The summed E-state index contributed by atoms with van der Waals surface area (Å²) in [6.07, 6.45) is 2.05. The maximum absolute atomic E-state index is 11.6. The van der Waals surface area contributed by atoms with Crippen LogP contribution < -0.4 is 5.32 Å². The minimum Gasteiger partial charge on any atom is -0.469 e. The topological polar surface area (TPSA) is 51.2 Å². The van der Waals surface area contributed by atoms with Gasteiger partial charge in [-0.2, -0.15) is 0 Å². The van der Waals surface area contributed by atoms with Crippen molar-refractivity contribution in [3.63, 3.8) is 0 Å². The molecule has 0 radical (unpaired) electrons. The molecule has 0 saturated carbocycles. The zero-order chi connectivity index (χ0) is 14.5. The maximum atomic E-state index is 11.6. The number of hydrogen-bond acceptors (Lipinski definition) is 4. The van der Waals surface area contributed by atoms with Gasteiger partial charge >= 0.3 is 5.97 Å². The summed E-state index contributed by atoms with van der Waals surface area (Å²) in [4.78, 5) is 16.0. The van der Waals surface area contributed by atoms with E-state index in [9.17, 15) is 4.79 Å². The van der Waals surface area contributed by atoms with Crippen LogP contribution in [-0.4, -0.2) is 24.6 Å². The lowest BCUT2D eigenvalue weighted by molar-refractivity contribution is -0.141. The van der Waals surface area contributed by atoms with Crippen LogP contribution in [0, 0.1) is 0 Å². The van der Waals surface area contributed by atoms with Gasteiger partial charge in [-0.25, -0.2) is 0 Å². The molecule has 0 aliphatic heterocycles. The number of ether oxygens (including phenoxy) is 1. The second kappa shape index (κ2) is 6.81. The Kier molecular flexibility index (Phi) is 5.09. The van der Waals surface area contributed by atoms with Crippen LogP contribution in [0.5, 0.6) is 0 Å². The molecule has 2 aromatic rings. The molecule has 1 unspecified atom stereocenters. The number of esters is 1. The van der Waals surface area contributed by atoms with Crippen LogP contribution in [0.25, 0.3) is 10.9 Å². The number of aromatic nitrogens is 1. The second-order valence-electron chi connectivity index (χ2n) is 4.43. The van der Waals surface area contributed by atoms with Gasteiger partial charge in [-0.3, -0.25) is 9.78 Å². The Morgan fingerprint density at radius 3 is 2.95 bits per heavy atom. The van der Waals surface area contributed by atoms with Gasteiger partial charge in [0.25, 0.3) is 0 Å². The summed E-state index contributed by atoms with van der Waals surface area (Å²) in [5, 5.41) is 4.36. The summed E-state index contributed by atoms with van der Waals surface area (Å²) in [6.45, 7) is 2.78. The summed E-state index contributed by atoms with van der Waals surface area (Å²) in [5.41, 5.74) is 1.91. The van der Waals surface area contributed by atoms with Gasteiger partial charge in [-0.1, -0.05) is 35.0 Å². The van der Waals surface area contributed by atoms with Crippen LogP contribution >= 0.6 is 15.9 Å². The fourth-order valence-corrected chi connectivity index (χ4v) is 2.68. The quantitative estimate of drug-likeness (QED) is 0.852. The lowest BCUT2D eigenvalue weighted by Gasteiger charge is -2.19. The Balaban J connectivity index is 2.47. The van der Waals surface area contributed by atoms with Crippen molar-refractivity contribution in [3.8, 4) is 0 Å². The van der Waals surface area contributed by atoms with Gasteiger partial charge in [0.2, 0.25) is 0 Å². The highest BCUT2D eigenvalue weighted by Crippen LogP contribution is 2.30. The highest BCUT2D eigenvalue weighted by Gasteiger charge is 2.19. The Bertz CT molecular complexity index is 616. The van der Waals surface area contributed by atoms with Crippen molar-refractivity contribution < 1.29 is 9.53 Å². The molecule has 1 N–H and O–H groups in total. The number of nitrogens with one attached hydrogen (secondary N) is 1. The molecule has 0 saturated heterocycles. The van der Waals surface area contributed by atoms with E-state index >= 15 is 0 Å². The first-order valence-electron chi connectivity index (χ1n) is 6.50. The van der Waals surface area contributed by atoms with E-state index in [4.69, 9.17) is 4.74 Å². The molecule has 0 aliphatic rings. The number of rotatable bonds is 5. The number of hydrogen-bond donors (Lipinski definition) is 1. The van der Waals surface area contributed by atoms with E-state index in [1.54, 1.807) is 6.20 Å². The van der Waals surface area contributed by atoms with Gasteiger partial charge < -0.3 is 10.1 Å². The van der Waals surface area contributed by atoms with Gasteiger partial charge in [0.1, 0.15) is 0 Å². The Hall–Kier alpha value is -1.46. The number of fused-ring (bicyclic) bond motifs is 1. The van der Waals surface area contributed by atoms with Crippen molar-refractivity contribution in [2.45, 2.75) is 19.4 Å². The standard InChI is InChI=1S/C15H17BrN2O2/c1-3-17-13(9-14(19)20-2)11-6-7-12(16)10-5-4-8-18-15(10)11/h4-8,13,17H,3,9H2,1-2H3. The van der Waals surface area contributed by atoms with Gasteiger partial charge in [-0.05, 0) is 24.2 Å². The van der Waals surface area contributed by atoms with Crippen molar-refractivity contribution in [2.75, 3.05) is 13.7 Å². The van der Waals surface area contributed by atoms with Crippen molar-refractivity contribution in [3.05, 3.63) is 40.5 Å². The molecule has 106 valence electrons. The highest BCUT2D eigenvalue weighted by molar-refractivity contribution is 9.10. The van der Waals surface area contributed by atoms with Crippen LogP contribution in [0.1, 0.15) is 24.9 Å². The summed E-state index contributed by atoms with van der Waals surface area (Å²) in [5.74, 6) is -0.233. The monoisotopic (exact) mass is 336 g/mol. The van der Waals surface area contributed by atoms with E-state index < -0.39 is 0 Å². The Morgan fingerprint density at radius 1 is 1.45 bits per heavy atom. The van der Waals surface area contributed by atoms with Crippen molar-refractivity contribution >= 4 is 32.8 Å². The Morgan fingerprint density at radius 2 is 2.25 bits per heavy atom. The van der Waals surface area contributed by atoms with Crippen molar-refractivity contribution in [1.29, 1.82) is 0 Å². The lowest BCUT2D eigenvalue weighted by atomic mass is 10.00. The van der Waals surface area contributed by atoms with E-state index in [0.717, 1.165) is 27.5 Å². The number of methoxy groups -OCH3 is 1. The van der Waals surface area contributed by atoms with E-state index in [2.05, 4.69) is 26.2 Å². The predicted molar refractivity (Wildman–Crippen MR) is 82.5 cm³/mol. The van der Waals surface area contributed by atoms with Crippen molar-refractivity contribution in [2.24, 2.45) is 0 Å². The molecule has 1 heterocycles. The minimum absolute atomic E-state index is 0.0991. The van der Waals surface area contributed by atoms with Crippen LogP contribution in [0.2, 0.25) is 0 Å². The first-order chi connectivity index (χ1) is 9.67. The molecule has 1 aromatic carbocycles. The highest BCUT2D eigenvalue weighted by atomic mass is 79.9. The number of benzene rings is 1. The number of pyridine rings is 1. The summed E-state index contributed by atoms with van der Waals surface area (Å²) in [7, 11) is 1.41. The smallest absolute Gasteiger partial charge is 0.307 e. The van der Waals surface area contributed by atoms with Crippen molar-refractivity contribution in [1.82, 2.24) is 10.3 Å². The molecule has 0 spiro atoms. The lowest BCUT2D eigenvalue weighted by Crippen LogP contribution is -2.24. The number of carbonyl (C=O) groups excluding carboxylic acids is 1. The largest absolute Gasteiger partial charge is 0.469 e. The molecule has 1 aromatic heterocycles. The molecular formula is C15H17BrN2O2. The molecule has 1 atom stereocenters. The average molecular weight is 337 g/mol. The molecular weight excluding hydrogens is 320 g/mol. The molecule has 0 aliphatic carbocycles. The molecule has 0 amide bonds. The van der Waals surface area contributed by atoms with E-state index in [1.807, 2.05) is 31.2 Å². The first kappa shape index (κ1) is 14.9. The molecule has 5 heteroatoms. The van der Waals surface area contributed by atoms with Crippen LogP contribution in [-0.2, 0) is 9.53 Å². The third kappa shape index (κ3) is 3.16. The van der Waals surface area contributed by atoms with Gasteiger partial charge in [-0.15, -0.1) is 0 Å². The van der Waals surface area contributed by atoms with Gasteiger partial charge in [0.15, 0.2) is 0 Å². The van der Waals surface area contributed by atoms with Gasteiger partial charge in [0.05, 0.1) is 19.0 Å². The molecule has 0 bridgehead atoms. The van der Waals surface area contributed by atoms with Gasteiger partial charge in [0, 0.05) is 22.1 Å². The number of nitrogens with zero attached hydrogens (tertiary/aromatic N) is 1. The fourth-order valence-electron chi connectivity index (χ4n) is 2.23. The zero-order valence-electron chi connectivity index (χ0n) is 11.5. The Labute approximate surface area is 126 Å². The third-order valence-corrected chi connectivity index (χ3v) is 3.86. The molecule has 4 nitrogen and oxygen atoms in total. The van der Waals surface area contributed by atoms with E-state index in [-0.39, 0.29) is 18.4 Å². The summed E-state index contributed by atoms with van der Waals surface area (Å²) in [6, 6.07) is 7.80. The molecule has 0 fully saturated rings. The first-order valence-corrected chi connectivity index (χ1v) is 7.30. The average Bonchev–Trinajstić information content (AvgIpc) is 2.47. The summed E-state index contributed by atoms with van der Waals surface area (Å²) < 4.78 is 5.77. The number of halogens is 1. The number of carbonyl (C=O) groups is 1. The van der Waals surface area contributed by atoms with Crippen LogP contribution in [0.3, 0.4) is 0 Å². The zero-order valence-corrected chi connectivity index (χ0v) is 13.1. The maximum Gasteiger partial charge on any atom is 0.307 e. The third-order valence-electron chi connectivity index (χ3n) is 3.17. The fraction of sp³-hybridized carbons (Fsp3) is 0.333. The summed E-state index contributed by atoms with van der Waals surface area (Å²) >= 11 is 3.53. The molecule has 20 heavy (non-hydrogen) atoms. The normalized spacial score (nSPS) is 12.3. The predicted octanol–water partition coefficient (Wildman–Crippen LogP) is 3.21. The van der Waals surface area contributed by atoms with Crippen LogP contribution in [0.15, 0.2) is 34.9 Å². The van der Waals surface area contributed by atoms with Crippen LogP contribution in [0.4, 0.5) is 0 Å². The van der Waals surface area contributed by atoms with E-state index in [1.165, 1.54) is 7.11 Å². The second-order valence-corrected chi connectivity index (χ2v) is 5.28.